The normalized spacial score (nSPS) is 10.9. The van der Waals surface area contributed by atoms with Crippen LogP contribution in [0.5, 0.6) is 0 Å². The Bertz CT molecular complexity index is 646. The Morgan fingerprint density at radius 1 is 1.29 bits per heavy atom. The minimum Gasteiger partial charge on any atom is -0.365 e. The van der Waals surface area contributed by atoms with E-state index >= 15 is 0 Å². The Morgan fingerprint density at radius 2 is 2.00 bits per heavy atom. The van der Waals surface area contributed by atoms with Gasteiger partial charge in [0.15, 0.2) is 5.16 Å². The van der Waals surface area contributed by atoms with Crippen LogP contribution in [-0.4, -0.2) is 33.4 Å². The number of fused-ring (bicyclic) bond motifs is 1. The number of thioether (sulfide) groups is 2. The van der Waals surface area contributed by atoms with Crippen molar-refractivity contribution in [3.63, 3.8) is 0 Å². The van der Waals surface area contributed by atoms with Gasteiger partial charge in [0.25, 0.3) is 11.5 Å². The molecule has 8 heteroatoms. The second kappa shape index (κ2) is 4.46. The third kappa shape index (κ3) is 1.93. The summed E-state index contributed by atoms with van der Waals surface area (Å²) < 4.78 is 0. The van der Waals surface area contributed by atoms with Crippen LogP contribution in [0.2, 0.25) is 0 Å². The Kier molecular flexibility index (Phi) is 3.16. The smallest absolute Gasteiger partial charge is 0.261 e. The third-order valence-corrected chi connectivity index (χ3v) is 3.55. The minimum atomic E-state index is -0.634. The number of rotatable bonds is 3. The number of aromatic nitrogens is 3. The molecule has 0 radical (unpaired) electrons. The van der Waals surface area contributed by atoms with Gasteiger partial charge in [-0.3, -0.25) is 9.59 Å². The molecule has 17 heavy (non-hydrogen) atoms. The molecular weight excluding hydrogens is 260 g/mol. The van der Waals surface area contributed by atoms with Crippen LogP contribution in [0.1, 0.15) is 10.4 Å². The van der Waals surface area contributed by atoms with E-state index in [9.17, 15) is 9.59 Å². The molecule has 90 valence electrons. The Balaban J connectivity index is 2.88. The Hall–Kier alpha value is -1.41. The monoisotopic (exact) mass is 270 g/mol. The summed E-state index contributed by atoms with van der Waals surface area (Å²) in [4.78, 5) is 32.9. The standard InChI is InChI=1S/C9H10N4O2S2/c1-16-8-3(5(10)14)4-6(11-8)12-9(17-2)13-7(4)15/h1-2H3,(H2,10,14)(H2,11,12,13,15). The van der Waals surface area contributed by atoms with Gasteiger partial charge in [-0.15, -0.1) is 11.8 Å². The third-order valence-electron chi connectivity index (χ3n) is 2.25. The molecule has 0 aliphatic heterocycles. The number of nitrogens with one attached hydrogen (secondary N) is 2. The number of carbonyl (C=O) groups excluding carboxylic acids is 1. The van der Waals surface area contributed by atoms with Crippen LogP contribution in [0.3, 0.4) is 0 Å². The molecule has 2 aromatic heterocycles. The summed E-state index contributed by atoms with van der Waals surface area (Å²) in [7, 11) is 0. The minimum absolute atomic E-state index is 0.203. The van der Waals surface area contributed by atoms with Gasteiger partial charge in [-0.25, -0.2) is 4.98 Å². The molecule has 6 nitrogen and oxygen atoms in total. The number of nitrogens with two attached hydrogens (primary N) is 1. The topological polar surface area (TPSA) is 105 Å². The summed E-state index contributed by atoms with van der Waals surface area (Å²) in [6.45, 7) is 0. The lowest BCUT2D eigenvalue weighted by molar-refractivity contribution is 0.0999. The molecule has 0 aromatic carbocycles. The first-order valence-corrected chi connectivity index (χ1v) is 7.07. The van der Waals surface area contributed by atoms with Crippen molar-refractivity contribution >= 4 is 40.5 Å². The van der Waals surface area contributed by atoms with E-state index in [2.05, 4.69) is 15.0 Å². The van der Waals surface area contributed by atoms with Crippen molar-refractivity contribution in [1.29, 1.82) is 0 Å². The van der Waals surface area contributed by atoms with Crippen molar-refractivity contribution in [1.82, 2.24) is 15.0 Å². The lowest BCUT2D eigenvalue weighted by Gasteiger charge is -1.96. The molecule has 2 rings (SSSR count). The summed E-state index contributed by atoms with van der Waals surface area (Å²) in [5.41, 5.74) is 5.51. The second-order valence-electron chi connectivity index (χ2n) is 3.20. The first kappa shape index (κ1) is 12.1. The van der Waals surface area contributed by atoms with E-state index in [0.29, 0.717) is 15.8 Å². The van der Waals surface area contributed by atoms with Crippen molar-refractivity contribution in [2.24, 2.45) is 5.73 Å². The number of primary amides is 1. The van der Waals surface area contributed by atoms with E-state index in [4.69, 9.17) is 5.73 Å². The average molecular weight is 270 g/mol. The van der Waals surface area contributed by atoms with Crippen LogP contribution in [0.4, 0.5) is 0 Å². The highest BCUT2D eigenvalue weighted by Gasteiger charge is 2.19. The van der Waals surface area contributed by atoms with Crippen molar-refractivity contribution in [3.8, 4) is 0 Å². The van der Waals surface area contributed by atoms with Crippen LogP contribution in [0.25, 0.3) is 11.0 Å². The number of carbonyl (C=O) groups is 1. The summed E-state index contributed by atoms with van der Waals surface area (Å²) in [6.07, 6.45) is 3.60. The zero-order chi connectivity index (χ0) is 12.6. The predicted octanol–water partition coefficient (Wildman–Crippen LogP) is 0.794. The number of hydrogen-bond acceptors (Lipinski definition) is 5. The van der Waals surface area contributed by atoms with Crippen molar-refractivity contribution in [2.75, 3.05) is 12.5 Å². The predicted molar refractivity (Wildman–Crippen MR) is 68.8 cm³/mol. The number of hydrogen-bond donors (Lipinski definition) is 3. The summed E-state index contributed by atoms with van der Waals surface area (Å²) in [5, 5.41) is 1.27. The van der Waals surface area contributed by atoms with Crippen LogP contribution in [-0.2, 0) is 0 Å². The fourth-order valence-corrected chi connectivity index (χ4v) is 2.53. The van der Waals surface area contributed by atoms with Gasteiger partial charge in [-0.1, -0.05) is 11.8 Å². The maximum Gasteiger partial charge on any atom is 0.261 e. The number of H-pyrrole nitrogens is 2. The van der Waals surface area contributed by atoms with Gasteiger partial charge in [0.05, 0.1) is 16.0 Å². The molecule has 0 bridgehead atoms. The SMILES string of the molecule is CSc1nc2[nH]c(SC)c(C(N)=O)c2c(=O)[nH]1. The van der Waals surface area contributed by atoms with Gasteiger partial charge >= 0.3 is 0 Å². The van der Waals surface area contributed by atoms with Crippen molar-refractivity contribution in [2.45, 2.75) is 10.2 Å². The van der Waals surface area contributed by atoms with E-state index < -0.39 is 5.91 Å². The van der Waals surface area contributed by atoms with Crippen molar-refractivity contribution in [3.05, 3.63) is 15.9 Å². The van der Waals surface area contributed by atoms with E-state index in [1.165, 1.54) is 23.5 Å². The fourth-order valence-electron chi connectivity index (χ4n) is 1.54. The van der Waals surface area contributed by atoms with E-state index in [1.54, 1.807) is 12.5 Å². The maximum absolute atomic E-state index is 11.9. The van der Waals surface area contributed by atoms with E-state index in [0.717, 1.165) is 0 Å². The molecule has 4 N–H and O–H groups in total. The lowest BCUT2D eigenvalue weighted by Crippen LogP contribution is -2.16. The fraction of sp³-hybridized carbons (Fsp3) is 0.222. The summed E-state index contributed by atoms with van der Waals surface area (Å²) in [6, 6.07) is 0. The van der Waals surface area contributed by atoms with Crippen molar-refractivity contribution < 1.29 is 4.79 Å². The number of nitrogens with zero attached hydrogens (tertiary/aromatic N) is 1. The average Bonchev–Trinajstić information content (AvgIpc) is 2.67. The molecule has 0 atom stereocenters. The Labute approximate surface area is 105 Å². The quantitative estimate of drug-likeness (QED) is 0.565. The molecule has 2 aromatic rings. The number of aromatic amines is 2. The highest BCUT2D eigenvalue weighted by molar-refractivity contribution is 7.98. The van der Waals surface area contributed by atoms with E-state index in [-0.39, 0.29) is 16.5 Å². The zero-order valence-electron chi connectivity index (χ0n) is 9.16. The molecule has 0 spiro atoms. The molecule has 2 heterocycles. The largest absolute Gasteiger partial charge is 0.365 e. The Morgan fingerprint density at radius 3 is 2.53 bits per heavy atom. The van der Waals surface area contributed by atoms with Gasteiger partial charge in [-0.05, 0) is 12.5 Å². The van der Waals surface area contributed by atoms with Gasteiger partial charge in [-0.2, -0.15) is 0 Å². The molecular formula is C9H10N4O2S2. The molecule has 0 unspecified atom stereocenters. The zero-order valence-corrected chi connectivity index (χ0v) is 10.8. The molecule has 0 saturated carbocycles. The van der Waals surface area contributed by atoms with Crippen LogP contribution < -0.4 is 11.3 Å². The highest BCUT2D eigenvalue weighted by atomic mass is 32.2. The lowest BCUT2D eigenvalue weighted by atomic mass is 10.2. The van der Waals surface area contributed by atoms with Gasteiger partial charge in [0, 0.05) is 0 Å². The van der Waals surface area contributed by atoms with E-state index in [1.807, 2.05) is 0 Å². The highest BCUT2D eigenvalue weighted by Crippen LogP contribution is 2.25. The molecule has 0 fully saturated rings. The van der Waals surface area contributed by atoms with Gasteiger partial charge < -0.3 is 15.7 Å². The second-order valence-corrected chi connectivity index (χ2v) is 4.81. The first-order valence-electron chi connectivity index (χ1n) is 4.62. The van der Waals surface area contributed by atoms with Crippen LogP contribution in [0, 0.1) is 0 Å². The van der Waals surface area contributed by atoms with Crippen LogP contribution >= 0.6 is 23.5 Å². The van der Waals surface area contributed by atoms with Gasteiger partial charge in [0.1, 0.15) is 5.65 Å². The number of amides is 1. The first-order chi connectivity index (χ1) is 8.08. The molecule has 0 aliphatic carbocycles. The summed E-state index contributed by atoms with van der Waals surface area (Å²) >= 11 is 2.63. The molecule has 0 aliphatic rings. The molecule has 0 saturated heterocycles. The molecule has 1 amide bonds. The van der Waals surface area contributed by atoms with Crippen LogP contribution in [0.15, 0.2) is 15.0 Å². The van der Waals surface area contributed by atoms with Gasteiger partial charge in [0.2, 0.25) is 0 Å². The summed E-state index contributed by atoms with van der Waals surface area (Å²) in [5.74, 6) is -0.634. The maximum atomic E-state index is 11.9.